The number of hydrogen-bond acceptors (Lipinski definition) is 6. The van der Waals surface area contributed by atoms with Gasteiger partial charge in [0.2, 0.25) is 11.8 Å². The van der Waals surface area contributed by atoms with E-state index in [1.807, 2.05) is 30.2 Å². The third kappa shape index (κ3) is 6.18. The number of sulfone groups is 1. The lowest BCUT2D eigenvalue weighted by Gasteiger charge is -2.38. The molecule has 4 rings (SSSR count). The maximum atomic E-state index is 13.4. The molecule has 0 bridgehead atoms. The summed E-state index contributed by atoms with van der Waals surface area (Å²) in [6, 6.07) is 11.0. The van der Waals surface area contributed by atoms with Gasteiger partial charge in [0.15, 0.2) is 9.84 Å². The first-order valence-corrected chi connectivity index (χ1v) is 15.5. The van der Waals surface area contributed by atoms with Crippen LogP contribution >= 0.6 is 11.3 Å². The van der Waals surface area contributed by atoms with E-state index in [0.29, 0.717) is 11.4 Å². The lowest BCUT2D eigenvalue weighted by molar-refractivity contribution is -0.139. The predicted molar refractivity (Wildman–Crippen MR) is 142 cm³/mol. The van der Waals surface area contributed by atoms with Crippen LogP contribution in [0.3, 0.4) is 0 Å². The summed E-state index contributed by atoms with van der Waals surface area (Å²) in [5.41, 5.74) is 0.677. The number of carbonyl (C=O) groups excluding carboxylic acids is 2. The fraction of sp³-hybridized carbons (Fsp3) is 0.556. The Balaban J connectivity index is 1.30. The van der Waals surface area contributed by atoms with Gasteiger partial charge in [-0.25, -0.2) is 8.42 Å². The largest absolute Gasteiger partial charge is 0.348 e. The highest BCUT2D eigenvalue weighted by molar-refractivity contribution is 7.90. The Morgan fingerprint density at radius 1 is 1.08 bits per heavy atom. The predicted octanol–water partition coefficient (Wildman–Crippen LogP) is 3.87. The highest BCUT2D eigenvalue weighted by Crippen LogP contribution is 2.42. The van der Waals surface area contributed by atoms with Crippen LogP contribution in [0.4, 0.5) is 0 Å². The third-order valence-electron chi connectivity index (χ3n) is 7.60. The standard InChI is InChI=1S/C27H37N3O4S2/c1-20(2)25(31)28-23(24-5-4-18-35-24)10-14-29-15-11-27(12-16-29)13-17-30(26(27)32)19-21-6-8-22(9-7-21)36(3,33)34/h4-9,18,20,23H,10-17,19H2,1-3H3,(H,28,31). The molecule has 7 nitrogen and oxygen atoms in total. The van der Waals surface area contributed by atoms with Gasteiger partial charge in [-0.1, -0.05) is 32.0 Å². The molecular formula is C27H37N3O4S2. The normalized spacial score (nSPS) is 19.2. The molecule has 2 saturated heterocycles. The molecular weight excluding hydrogens is 494 g/mol. The Hall–Kier alpha value is -2.23. The summed E-state index contributed by atoms with van der Waals surface area (Å²) in [6.45, 7) is 7.76. The molecule has 1 unspecified atom stereocenters. The molecule has 0 radical (unpaired) electrons. The summed E-state index contributed by atoms with van der Waals surface area (Å²) in [5.74, 6) is 0.264. The van der Waals surface area contributed by atoms with E-state index in [1.54, 1.807) is 35.6 Å². The van der Waals surface area contributed by atoms with Gasteiger partial charge in [-0.2, -0.15) is 0 Å². The summed E-state index contributed by atoms with van der Waals surface area (Å²) in [7, 11) is -3.22. The van der Waals surface area contributed by atoms with Gasteiger partial charge in [-0.15, -0.1) is 11.3 Å². The van der Waals surface area contributed by atoms with Gasteiger partial charge in [0, 0.05) is 36.7 Å². The van der Waals surface area contributed by atoms with Crippen LogP contribution in [0, 0.1) is 11.3 Å². The monoisotopic (exact) mass is 531 g/mol. The van der Waals surface area contributed by atoms with Gasteiger partial charge in [0.05, 0.1) is 16.4 Å². The molecule has 1 aromatic heterocycles. The molecule has 9 heteroatoms. The van der Waals surface area contributed by atoms with E-state index in [0.717, 1.165) is 57.4 Å². The smallest absolute Gasteiger partial charge is 0.229 e. The van der Waals surface area contributed by atoms with Crippen LogP contribution in [-0.2, 0) is 26.0 Å². The number of amides is 2. The van der Waals surface area contributed by atoms with Gasteiger partial charge in [0.1, 0.15) is 0 Å². The average Bonchev–Trinajstić information content (AvgIpc) is 3.48. The number of piperidine rings is 1. The zero-order valence-corrected chi connectivity index (χ0v) is 23.0. The second-order valence-electron chi connectivity index (χ2n) is 10.5. The summed E-state index contributed by atoms with van der Waals surface area (Å²) < 4.78 is 23.4. The fourth-order valence-electron chi connectivity index (χ4n) is 5.20. The molecule has 2 amide bonds. The number of benzene rings is 1. The van der Waals surface area contributed by atoms with Gasteiger partial charge < -0.3 is 15.1 Å². The Kier molecular flexibility index (Phi) is 8.22. The van der Waals surface area contributed by atoms with Crippen LogP contribution in [0.5, 0.6) is 0 Å². The highest BCUT2D eigenvalue weighted by Gasteiger charge is 2.47. The van der Waals surface area contributed by atoms with E-state index in [-0.39, 0.29) is 29.2 Å². The minimum atomic E-state index is -3.22. The first-order chi connectivity index (χ1) is 17.1. The lowest BCUT2D eigenvalue weighted by atomic mass is 9.77. The minimum Gasteiger partial charge on any atom is -0.348 e. The summed E-state index contributed by atoms with van der Waals surface area (Å²) >= 11 is 1.68. The summed E-state index contributed by atoms with van der Waals surface area (Å²) in [5, 5.41) is 5.25. The van der Waals surface area contributed by atoms with Crippen LogP contribution in [0.2, 0.25) is 0 Å². The van der Waals surface area contributed by atoms with Gasteiger partial charge in [-0.05, 0) is 67.9 Å². The maximum Gasteiger partial charge on any atom is 0.229 e. The number of rotatable bonds is 9. The second kappa shape index (κ2) is 11.0. The van der Waals surface area contributed by atoms with Crippen LogP contribution in [-0.4, -0.2) is 62.5 Å². The van der Waals surface area contributed by atoms with E-state index in [4.69, 9.17) is 0 Å². The van der Waals surface area contributed by atoms with E-state index in [9.17, 15) is 18.0 Å². The number of likely N-dealkylation sites (tertiary alicyclic amines) is 2. The van der Waals surface area contributed by atoms with Crippen molar-refractivity contribution >= 4 is 33.0 Å². The van der Waals surface area contributed by atoms with Crippen molar-refractivity contribution < 1.29 is 18.0 Å². The van der Waals surface area contributed by atoms with Crippen molar-refractivity contribution in [1.29, 1.82) is 0 Å². The van der Waals surface area contributed by atoms with Crippen LogP contribution in [0.25, 0.3) is 0 Å². The van der Waals surface area contributed by atoms with Crippen molar-refractivity contribution in [2.75, 3.05) is 32.4 Å². The molecule has 3 heterocycles. The number of hydrogen-bond donors (Lipinski definition) is 1. The summed E-state index contributed by atoms with van der Waals surface area (Å²) in [4.78, 5) is 31.6. The zero-order valence-electron chi connectivity index (χ0n) is 21.4. The topological polar surface area (TPSA) is 86.8 Å². The molecule has 2 aliphatic rings. The first-order valence-electron chi connectivity index (χ1n) is 12.7. The molecule has 36 heavy (non-hydrogen) atoms. The summed E-state index contributed by atoms with van der Waals surface area (Å²) in [6.07, 6.45) is 4.65. The molecule has 2 aliphatic heterocycles. The molecule has 2 aromatic rings. The molecule has 0 aliphatic carbocycles. The Bertz CT molecular complexity index is 1150. The fourth-order valence-corrected chi connectivity index (χ4v) is 6.64. The van der Waals surface area contributed by atoms with Gasteiger partial charge >= 0.3 is 0 Å². The Labute approximate surface area is 218 Å². The quantitative estimate of drug-likeness (QED) is 0.531. The van der Waals surface area contributed by atoms with Crippen molar-refractivity contribution in [2.45, 2.75) is 57.0 Å². The van der Waals surface area contributed by atoms with E-state index >= 15 is 0 Å². The van der Waals surface area contributed by atoms with Crippen molar-refractivity contribution in [1.82, 2.24) is 15.1 Å². The second-order valence-corrected chi connectivity index (χ2v) is 13.5. The van der Waals surface area contributed by atoms with Crippen molar-refractivity contribution in [3.63, 3.8) is 0 Å². The average molecular weight is 532 g/mol. The van der Waals surface area contributed by atoms with E-state index in [1.165, 1.54) is 11.1 Å². The van der Waals surface area contributed by atoms with E-state index < -0.39 is 9.84 Å². The van der Waals surface area contributed by atoms with Crippen LogP contribution in [0.1, 0.15) is 56.0 Å². The molecule has 1 spiro atoms. The van der Waals surface area contributed by atoms with Gasteiger partial charge in [0.25, 0.3) is 0 Å². The van der Waals surface area contributed by atoms with E-state index in [2.05, 4.69) is 16.3 Å². The number of thiophene rings is 1. The van der Waals surface area contributed by atoms with Crippen LogP contribution < -0.4 is 5.32 Å². The van der Waals surface area contributed by atoms with Gasteiger partial charge in [-0.3, -0.25) is 9.59 Å². The van der Waals surface area contributed by atoms with Crippen molar-refractivity contribution in [3.05, 3.63) is 52.2 Å². The first kappa shape index (κ1) is 26.8. The van der Waals surface area contributed by atoms with Crippen molar-refractivity contribution in [2.24, 2.45) is 11.3 Å². The lowest BCUT2D eigenvalue weighted by Crippen LogP contribution is -2.45. The molecule has 1 atom stereocenters. The number of nitrogens with one attached hydrogen (secondary N) is 1. The minimum absolute atomic E-state index is 0.0217. The van der Waals surface area contributed by atoms with Crippen LogP contribution in [0.15, 0.2) is 46.7 Å². The molecule has 0 saturated carbocycles. The molecule has 196 valence electrons. The Morgan fingerprint density at radius 2 is 1.75 bits per heavy atom. The third-order valence-corrected chi connectivity index (χ3v) is 9.72. The zero-order chi connectivity index (χ0) is 25.9. The Morgan fingerprint density at radius 3 is 2.33 bits per heavy atom. The molecule has 1 N–H and O–H groups in total. The number of carbonyl (C=O) groups is 2. The van der Waals surface area contributed by atoms with Crippen molar-refractivity contribution in [3.8, 4) is 0 Å². The molecule has 2 fully saturated rings. The molecule has 1 aromatic carbocycles. The maximum absolute atomic E-state index is 13.4. The number of nitrogens with zero attached hydrogens (tertiary/aromatic N) is 2. The SMILES string of the molecule is CC(C)C(=O)NC(CCN1CCC2(CC1)CCN(Cc1ccc(S(C)(=O)=O)cc1)C2=O)c1cccs1. The highest BCUT2D eigenvalue weighted by atomic mass is 32.2.